The summed E-state index contributed by atoms with van der Waals surface area (Å²) in [7, 11) is 0. The fraction of sp³-hybridized carbons (Fsp3) is 0.562. The standard InChI is InChI=1S/C16H25NO3/c1-12(13-5-7-14(17)8-6-13)11-15(18)19-9-10-20-16(2,3)4/h5-8,12H,9-11,17H2,1-4H3. The summed E-state index contributed by atoms with van der Waals surface area (Å²) in [6.07, 6.45) is 0.361. The van der Waals surface area contributed by atoms with E-state index >= 15 is 0 Å². The Morgan fingerprint density at radius 2 is 1.80 bits per heavy atom. The molecule has 1 atom stereocenters. The summed E-state index contributed by atoms with van der Waals surface area (Å²) >= 11 is 0. The third kappa shape index (κ3) is 6.57. The van der Waals surface area contributed by atoms with Crippen molar-refractivity contribution in [2.24, 2.45) is 0 Å². The number of nitrogen functional groups attached to an aromatic ring is 1. The molecule has 0 aromatic heterocycles. The van der Waals surface area contributed by atoms with Crippen LogP contribution in [0.5, 0.6) is 0 Å². The van der Waals surface area contributed by atoms with Crippen molar-refractivity contribution in [3.05, 3.63) is 29.8 Å². The van der Waals surface area contributed by atoms with E-state index in [4.69, 9.17) is 15.2 Å². The molecule has 0 saturated heterocycles. The number of hydrogen-bond donors (Lipinski definition) is 1. The lowest BCUT2D eigenvalue weighted by molar-refractivity contribution is -0.147. The SMILES string of the molecule is CC(CC(=O)OCCOC(C)(C)C)c1ccc(N)cc1. The van der Waals surface area contributed by atoms with E-state index in [0.29, 0.717) is 19.6 Å². The van der Waals surface area contributed by atoms with Crippen molar-refractivity contribution in [1.29, 1.82) is 0 Å². The predicted octanol–water partition coefficient (Wildman–Crippen LogP) is 3.12. The minimum Gasteiger partial charge on any atom is -0.463 e. The van der Waals surface area contributed by atoms with Crippen molar-refractivity contribution >= 4 is 11.7 Å². The van der Waals surface area contributed by atoms with Gasteiger partial charge in [0.2, 0.25) is 0 Å². The maximum absolute atomic E-state index is 11.7. The number of hydrogen-bond acceptors (Lipinski definition) is 4. The number of carbonyl (C=O) groups excluding carboxylic acids is 1. The van der Waals surface area contributed by atoms with Crippen molar-refractivity contribution in [2.75, 3.05) is 18.9 Å². The average Bonchev–Trinajstić information content (AvgIpc) is 2.34. The van der Waals surface area contributed by atoms with Gasteiger partial charge in [0, 0.05) is 5.69 Å². The van der Waals surface area contributed by atoms with Crippen LogP contribution in [0.15, 0.2) is 24.3 Å². The van der Waals surface area contributed by atoms with Gasteiger partial charge in [-0.05, 0) is 44.4 Å². The molecule has 1 unspecified atom stereocenters. The van der Waals surface area contributed by atoms with E-state index in [1.807, 2.05) is 52.0 Å². The first-order chi connectivity index (χ1) is 9.28. The molecule has 2 N–H and O–H groups in total. The third-order valence-electron chi connectivity index (χ3n) is 2.86. The van der Waals surface area contributed by atoms with Gasteiger partial charge in [-0.2, -0.15) is 0 Å². The van der Waals surface area contributed by atoms with Gasteiger partial charge in [-0.3, -0.25) is 4.79 Å². The summed E-state index contributed by atoms with van der Waals surface area (Å²) in [6.45, 7) is 8.63. The molecule has 0 saturated carbocycles. The second-order valence-electron chi connectivity index (χ2n) is 5.95. The van der Waals surface area contributed by atoms with Crippen molar-refractivity contribution in [3.63, 3.8) is 0 Å². The molecule has 1 aromatic carbocycles. The Hall–Kier alpha value is -1.55. The number of anilines is 1. The molecule has 4 nitrogen and oxygen atoms in total. The molecule has 0 spiro atoms. The first kappa shape index (κ1) is 16.5. The molecule has 0 radical (unpaired) electrons. The molecule has 112 valence electrons. The van der Waals surface area contributed by atoms with Gasteiger partial charge in [0.25, 0.3) is 0 Å². The van der Waals surface area contributed by atoms with Crippen molar-refractivity contribution in [2.45, 2.75) is 45.6 Å². The number of nitrogens with two attached hydrogens (primary N) is 1. The van der Waals surface area contributed by atoms with Gasteiger partial charge in [0.05, 0.1) is 18.6 Å². The number of carbonyl (C=O) groups is 1. The molecule has 0 aliphatic rings. The molecule has 0 aliphatic carbocycles. The van der Waals surface area contributed by atoms with E-state index in [1.54, 1.807) is 0 Å². The highest BCUT2D eigenvalue weighted by Gasteiger charge is 2.13. The van der Waals surface area contributed by atoms with Crippen LogP contribution in [0.25, 0.3) is 0 Å². The molecule has 0 heterocycles. The summed E-state index contributed by atoms with van der Waals surface area (Å²) in [6, 6.07) is 7.56. The number of rotatable bonds is 6. The van der Waals surface area contributed by atoms with E-state index in [2.05, 4.69) is 0 Å². The van der Waals surface area contributed by atoms with E-state index in [9.17, 15) is 4.79 Å². The topological polar surface area (TPSA) is 61.5 Å². The molecular weight excluding hydrogens is 254 g/mol. The van der Waals surface area contributed by atoms with Gasteiger partial charge in [-0.25, -0.2) is 0 Å². The quantitative estimate of drug-likeness (QED) is 0.494. The van der Waals surface area contributed by atoms with Crippen molar-refractivity contribution in [3.8, 4) is 0 Å². The van der Waals surface area contributed by atoms with Gasteiger partial charge in [-0.1, -0.05) is 19.1 Å². The monoisotopic (exact) mass is 279 g/mol. The Labute approximate surface area is 121 Å². The van der Waals surface area contributed by atoms with Gasteiger partial charge >= 0.3 is 5.97 Å². The van der Waals surface area contributed by atoms with Crippen molar-refractivity contribution < 1.29 is 14.3 Å². The van der Waals surface area contributed by atoms with Crippen LogP contribution in [-0.2, 0) is 14.3 Å². The molecular formula is C16H25NO3. The van der Waals surface area contributed by atoms with Crippen LogP contribution < -0.4 is 5.73 Å². The van der Waals surface area contributed by atoms with E-state index in [0.717, 1.165) is 11.3 Å². The molecule has 1 rings (SSSR count). The van der Waals surface area contributed by atoms with Crippen LogP contribution in [0, 0.1) is 0 Å². The zero-order chi connectivity index (χ0) is 15.2. The van der Waals surface area contributed by atoms with Gasteiger partial charge in [0.15, 0.2) is 0 Å². The van der Waals surface area contributed by atoms with Gasteiger partial charge in [-0.15, -0.1) is 0 Å². The Morgan fingerprint density at radius 1 is 1.20 bits per heavy atom. The van der Waals surface area contributed by atoms with Crippen LogP contribution in [0.2, 0.25) is 0 Å². The first-order valence-electron chi connectivity index (χ1n) is 6.93. The molecule has 0 fully saturated rings. The minimum atomic E-state index is -0.205. The first-order valence-corrected chi connectivity index (χ1v) is 6.93. The Bertz CT molecular complexity index is 420. The Kier molecular flexibility index (Phi) is 6.02. The lowest BCUT2D eigenvalue weighted by Gasteiger charge is -2.19. The normalized spacial score (nSPS) is 13.0. The summed E-state index contributed by atoms with van der Waals surface area (Å²) < 4.78 is 10.7. The van der Waals surface area contributed by atoms with Crippen molar-refractivity contribution in [1.82, 2.24) is 0 Å². The van der Waals surface area contributed by atoms with Crippen LogP contribution in [0.4, 0.5) is 5.69 Å². The Morgan fingerprint density at radius 3 is 2.35 bits per heavy atom. The molecule has 0 amide bonds. The van der Waals surface area contributed by atoms with Crippen LogP contribution in [0.3, 0.4) is 0 Å². The number of benzene rings is 1. The van der Waals surface area contributed by atoms with E-state index in [1.165, 1.54) is 0 Å². The highest BCUT2D eigenvalue weighted by molar-refractivity contribution is 5.70. The summed E-state index contributed by atoms with van der Waals surface area (Å²) in [4.78, 5) is 11.7. The van der Waals surface area contributed by atoms with E-state index < -0.39 is 0 Å². The highest BCUT2D eigenvalue weighted by Crippen LogP contribution is 2.20. The summed E-state index contributed by atoms with van der Waals surface area (Å²) in [5, 5.41) is 0. The second-order valence-corrected chi connectivity index (χ2v) is 5.95. The number of esters is 1. The molecule has 0 aliphatic heterocycles. The zero-order valence-electron chi connectivity index (χ0n) is 12.8. The fourth-order valence-corrected chi connectivity index (χ4v) is 1.75. The Balaban J connectivity index is 2.30. The zero-order valence-corrected chi connectivity index (χ0v) is 12.8. The average molecular weight is 279 g/mol. The molecule has 20 heavy (non-hydrogen) atoms. The molecule has 4 heteroatoms. The molecule has 1 aromatic rings. The van der Waals surface area contributed by atoms with Crippen LogP contribution in [-0.4, -0.2) is 24.8 Å². The van der Waals surface area contributed by atoms with Crippen LogP contribution >= 0.6 is 0 Å². The molecule has 0 bridgehead atoms. The summed E-state index contributed by atoms with van der Waals surface area (Å²) in [5.41, 5.74) is 7.24. The van der Waals surface area contributed by atoms with E-state index in [-0.39, 0.29) is 17.5 Å². The maximum atomic E-state index is 11.7. The largest absolute Gasteiger partial charge is 0.463 e. The smallest absolute Gasteiger partial charge is 0.306 e. The fourth-order valence-electron chi connectivity index (χ4n) is 1.75. The third-order valence-corrected chi connectivity index (χ3v) is 2.86. The predicted molar refractivity (Wildman–Crippen MR) is 80.6 cm³/mol. The highest BCUT2D eigenvalue weighted by atomic mass is 16.6. The minimum absolute atomic E-state index is 0.117. The van der Waals surface area contributed by atoms with Crippen LogP contribution in [0.1, 0.15) is 45.6 Å². The lowest BCUT2D eigenvalue weighted by Crippen LogP contribution is -2.22. The maximum Gasteiger partial charge on any atom is 0.306 e. The van der Waals surface area contributed by atoms with Gasteiger partial charge < -0.3 is 15.2 Å². The van der Waals surface area contributed by atoms with Gasteiger partial charge in [0.1, 0.15) is 6.61 Å². The summed E-state index contributed by atoms with van der Waals surface area (Å²) in [5.74, 6) is -0.0848. The lowest BCUT2D eigenvalue weighted by atomic mass is 9.98. The number of ether oxygens (including phenoxy) is 2. The second kappa shape index (κ2) is 7.29.